The third-order valence-electron chi connectivity index (χ3n) is 4.95. The zero-order valence-corrected chi connectivity index (χ0v) is 14.7. The number of aliphatic imine (C=N–C) groups is 1. The van der Waals surface area contributed by atoms with Crippen LogP contribution in [0.15, 0.2) is 4.99 Å². The molecule has 2 rings (SSSR count). The molecule has 128 valence electrons. The van der Waals surface area contributed by atoms with Gasteiger partial charge >= 0.3 is 0 Å². The number of hydrogen-bond acceptors (Lipinski definition) is 3. The van der Waals surface area contributed by atoms with Gasteiger partial charge in [0.15, 0.2) is 5.96 Å². The molecule has 0 bridgehead atoms. The van der Waals surface area contributed by atoms with E-state index in [1.54, 1.807) is 0 Å². The van der Waals surface area contributed by atoms with Gasteiger partial charge in [-0.3, -0.25) is 9.89 Å². The van der Waals surface area contributed by atoms with Crippen LogP contribution in [0.25, 0.3) is 0 Å². The predicted octanol–water partition coefficient (Wildman–Crippen LogP) is 1.84. The molecule has 2 N–H and O–H groups in total. The van der Waals surface area contributed by atoms with E-state index in [0.717, 1.165) is 45.4 Å². The molecule has 2 fully saturated rings. The Balaban J connectivity index is 1.94. The number of morpholine rings is 1. The maximum absolute atomic E-state index is 5.55. The van der Waals surface area contributed by atoms with E-state index >= 15 is 0 Å². The number of guanidine groups is 1. The molecule has 0 spiro atoms. The van der Waals surface area contributed by atoms with Crippen molar-refractivity contribution in [3.05, 3.63) is 0 Å². The van der Waals surface area contributed by atoms with E-state index in [0.29, 0.717) is 5.92 Å². The van der Waals surface area contributed by atoms with Crippen LogP contribution in [0, 0.1) is 5.92 Å². The second-order valence-corrected chi connectivity index (χ2v) is 7.08. The highest BCUT2D eigenvalue weighted by molar-refractivity contribution is 5.79. The van der Waals surface area contributed by atoms with Gasteiger partial charge in [0.05, 0.1) is 13.2 Å². The first-order chi connectivity index (χ1) is 10.7. The first-order valence-corrected chi connectivity index (χ1v) is 8.93. The number of rotatable bonds is 5. The topological polar surface area (TPSA) is 48.9 Å². The summed E-state index contributed by atoms with van der Waals surface area (Å²) >= 11 is 0. The molecule has 0 aromatic carbocycles. The summed E-state index contributed by atoms with van der Waals surface area (Å²) in [5.74, 6) is 1.56. The van der Waals surface area contributed by atoms with Crippen molar-refractivity contribution >= 4 is 5.96 Å². The minimum atomic E-state index is 0.289. The highest BCUT2D eigenvalue weighted by Crippen LogP contribution is 2.33. The standard InChI is InChI=1S/C17H34N4O/c1-15(2)13-19-16(18-3)20-14-17(7-5-4-6-8-17)21-9-11-22-12-10-21/h15H,4-14H2,1-3H3,(H2,18,19,20). The van der Waals surface area contributed by atoms with Crippen LogP contribution < -0.4 is 10.6 Å². The molecule has 1 aliphatic heterocycles. The Labute approximate surface area is 135 Å². The van der Waals surface area contributed by atoms with Gasteiger partial charge in [0.1, 0.15) is 0 Å². The van der Waals surface area contributed by atoms with E-state index < -0.39 is 0 Å². The fourth-order valence-electron chi connectivity index (χ4n) is 3.62. The van der Waals surface area contributed by atoms with Gasteiger partial charge in [-0.25, -0.2) is 0 Å². The summed E-state index contributed by atoms with van der Waals surface area (Å²) in [6.45, 7) is 10.3. The Kier molecular flexibility index (Phi) is 6.96. The molecule has 0 aromatic heterocycles. The van der Waals surface area contributed by atoms with Crippen LogP contribution in [0.4, 0.5) is 0 Å². The minimum Gasteiger partial charge on any atom is -0.379 e. The van der Waals surface area contributed by atoms with Gasteiger partial charge in [0.2, 0.25) is 0 Å². The Morgan fingerprint density at radius 2 is 1.82 bits per heavy atom. The van der Waals surface area contributed by atoms with Gasteiger partial charge < -0.3 is 15.4 Å². The average molecular weight is 310 g/mol. The molecule has 0 atom stereocenters. The summed E-state index contributed by atoms with van der Waals surface area (Å²) < 4.78 is 5.55. The Morgan fingerprint density at radius 3 is 2.41 bits per heavy atom. The lowest BCUT2D eigenvalue weighted by Gasteiger charge is -2.48. The van der Waals surface area contributed by atoms with Crippen molar-refractivity contribution in [1.82, 2.24) is 15.5 Å². The number of nitrogens with zero attached hydrogens (tertiary/aromatic N) is 2. The third kappa shape index (κ3) is 4.85. The average Bonchev–Trinajstić information content (AvgIpc) is 2.56. The lowest BCUT2D eigenvalue weighted by molar-refractivity contribution is -0.0352. The van der Waals surface area contributed by atoms with E-state index in [-0.39, 0.29) is 5.54 Å². The number of hydrogen-bond donors (Lipinski definition) is 2. The van der Waals surface area contributed by atoms with Gasteiger partial charge in [-0.1, -0.05) is 33.1 Å². The first-order valence-electron chi connectivity index (χ1n) is 8.93. The summed E-state index contributed by atoms with van der Waals surface area (Å²) in [5.41, 5.74) is 0.289. The van der Waals surface area contributed by atoms with E-state index in [4.69, 9.17) is 4.74 Å². The highest BCUT2D eigenvalue weighted by Gasteiger charge is 2.38. The molecule has 1 saturated heterocycles. The summed E-state index contributed by atoms with van der Waals surface area (Å²) in [4.78, 5) is 7.04. The van der Waals surface area contributed by atoms with Crippen LogP contribution in [0.3, 0.4) is 0 Å². The van der Waals surface area contributed by atoms with E-state index in [1.807, 2.05) is 7.05 Å². The van der Waals surface area contributed by atoms with Crippen LogP contribution in [0.1, 0.15) is 46.0 Å². The van der Waals surface area contributed by atoms with Crippen LogP contribution in [-0.4, -0.2) is 62.8 Å². The highest BCUT2D eigenvalue weighted by atomic mass is 16.5. The Bertz CT molecular complexity index is 345. The molecule has 0 radical (unpaired) electrons. The van der Waals surface area contributed by atoms with Crippen molar-refractivity contribution in [2.75, 3.05) is 46.4 Å². The second-order valence-electron chi connectivity index (χ2n) is 7.08. The van der Waals surface area contributed by atoms with Gasteiger partial charge in [0, 0.05) is 38.8 Å². The van der Waals surface area contributed by atoms with Crippen LogP contribution >= 0.6 is 0 Å². The SMILES string of the molecule is CN=C(NCC(C)C)NCC1(N2CCOCC2)CCCCC1. The van der Waals surface area contributed by atoms with Gasteiger partial charge in [-0.05, 0) is 18.8 Å². The summed E-state index contributed by atoms with van der Waals surface area (Å²) in [6, 6.07) is 0. The van der Waals surface area contributed by atoms with Crippen LogP contribution in [0.2, 0.25) is 0 Å². The van der Waals surface area contributed by atoms with E-state index in [1.165, 1.54) is 32.1 Å². The molecule has 1 aliphatic carbocycles. The van der Waals surface area contributed by atoms with Crippen molar-refractivity contribution in [3.63, 3.8) is 0 Å². The van der Waals surface area contributed by atoms with Gasteiger partial charge in [-0.15, -0.1) is 0 Å². The quantitative estimate of drug-likeness (QED) is 0.601. The normalized spacial score (nSPS) is 23.5. The van der Waals surface area contributed by atoms with E-state index in [9.17, 15) is 0 Å². The molecule has 22 heavy (non-hydrogen) atoms. The molecule has 5 heteroatoms. The first kappa shape index (κ1) is 17.5. The van der Waals surface area contributed by atoms with Crippen molar-refractivity contribution < 1.29 is 4.74 Å². The predicted molar refractivity (Wildman–Crippen MR) is 92.4 cm³/mol. The van der Waals surface area contributed by atoms with Crippen molar-refractivity contribution in [3.8, 4) is 0 Å². The van der Waals surface area contributed by atoms with Crippen LogP contribution in [0.5, 0.6) is 0 Å². The molecule has 0 amide bonds. The zero-order chi connectivity index (χ0) is 15.8. The van der Waals surface area contributed by atoms with Gasteiger partial charge in [-0.2, -0.15) is 0 Å². The molecule has 1 heterocycles. The fraction of sp³-hybridized carbons (Fsp3) is 0.941. The van der Waals surface area contributed by atoms with Crippen LogP contribution in [-0.2, 0) is 4.74 Å². The molecule has 0 aromatic rings. The molecule has 2 aliphatic rings. The maximum Gasteiger partial charge on any atom is 0.191 e. The molecule has 1 saturated carbocycles. The Hall–Kier alpha value is -0.810. The minimum absolute atomic E-state index is 0.289. The monoisotopic (exact) mass is 310 g/mol. The number of nitrogens with one attached hydrogen (secondary N) is 2. The van der Waals surface area contributed by atoms with Crippen molar-refractivity contribution in [2.45, 2.75) is 51.5 Å². The van der Waals surface area contributed by atoms with Crippen molar-refractivity contribution in [2.24, 2.45) is 10.9 Å². The lowest BCUT2D eigenvalue weighted by Crippen LogP contribution is -2.60. The third-order valence-corrected chi connectivity index (χ3v) is 4.95. The second kappa shape index (κ2) is 8.73. The Morgan fingerprint density at radius 1 is 1.14 bits per heavy atom. The largest absolute Gasteiger partial charge is 0.379 e. The molecular weight excluding hydrogens is 276 g/mol. The van der Waals surface area contributed by atoms with Crippen molar-refractivity contribution in [1.29, 1.82) is 0 Å². The van der Waals surface area contributed by atoms with Gasteiger partial charge in [0.25, 0.3) is 0 Å². The summed E-state index contributed by atoms with van der Waals surface area (Å²) in [7, 11) is 1.86. The molecule has 5 nitrogen and oxygen atoms in total. The molecular formula is C17H34N4O. The number of ether oxygens (including phenoxy) is 1. The lowest BCUT2D eigenvalue weighted by atomic mass is 9.80. The zero-order valence-electron chi connectivity index (χ0n) is 14.7. The fourth-order valence-corrected chi connectivity index (χ4v) is 3.62. The maximum atomic E-state index is 5.55. The smallest absolute Gasteiger partial charge is 0.191 e. The van der Waals surface area contributed by atoms with E-state index in [2.05, 4.69) is 34.4 Å². The summed E-state index contributed by atoms with van der Waals surface area (Å²) in [6.07, 6.45) is 6.66. The summed E-state index contributed by atoms with van der Waals surface area (Å²) in [5, 5.41) is 7.01. The molecule has 0 unspecified atom stereocenters.